The van der Waals surface area contributed by atoms with Crippen LogP contribution in [-0.4, -0.2) is 30.5 Å². The van der Waals surface area contributed by atoms with Gasteiger partial charge in [0.15, 0.2) is 0 Å². The van der Waals surface area contributed by atoms with Gasteiger partial charge in [-0.05, 0) is 53.4 Å². The van der Waals surface area contributed by atoms with Crippen molar-refractivity contribution in [3.63, 3.8) is 0 Å². The molecule has 7 heteroatoms. The van der Waals surface area contributed by atoms with Gasteiger partial charge in [-0.25, -0.2) is 10.3 Å². The highest BCUT2D eigenvalue weighted by atomic mass is 16.5. The molecule has 0 radical (unpaired) electrons. The van der Waals surface area contributed by atoms with Crippen LogP contribution in [0.2, 0.25) is 0 Å². The minimum Gasteiger partial charge on any atom is -0.492 e. The number of hydrogen-bond acceptors (Lipinski definition) is 5. The van der Waals surface area contributed by atoms with Gasteiger partial charge < -0.3 is 4.74 Å². The first-order valence-electron chi connectivity index (χ1n) is 13.8. The van der Waals surface area contributed by atoms with Gasteiger partial charge in [0, 0.05) is 17.7 Å². The highest BCUT2D eigenvalue weighted by Crippen LogP contribution is 2.63. The van der Waals surface area contributed by atoms with Crippen LogP contribution in [0.15, 0.2) is 108 Å². The van der Waals surface area contributed by atoms with Crippen molar-refractivity contribution < 1.29 is 19.1 Å². The van der Waals surface area contributed by atoms with Crippen molar-refractivity contribution in [1.29, 1.82) is 0 Å². The Bertz CT molecular complexity index is 1680. The number of para-hydroxylation sites is 2. The molecule has 1 N–H and O–H groups in total. The van der Waals surface area contributed by atoms with Gasteiger partial charge in [-0.2, -0.15) is 5.10 Å². The summed E-state index contributed by atoms with van der Waals surface area (Å²) in [5.41, 5.74) is 6.33. The Morgan fingerprint density at radius 1 is 0.854 bits per heavy atom. The summed E-state index contributed by atoms with van der Waals surface area (Å²) in [6.45, 7) is 2.27. The third-order valence-corrected chi connectivity index (χ3v) is 8.56. The summed E-state index contributed by atoms with van der Waals surface area (Å²) in [4.78, 5) is 43.1. The molecule has 0 spiro atoms. The van der Waals surface area contributed by atoms with Crippen molar-refractivity contribution in [2.45, 2.75) is 18.3 Å². The standard InChI is InChI=1S/C34H27N3O4/c1-2-41-27-19-11-10-18-26(27)37-32(39)29-28-22-14-6-8-16-24(22)34(30(29)33(37)40,25-17-9-7-15-23(25)28)20-35-36-31(38)21-12-4-3-5-13-21/h3-20,28-30H,2H2,1H3,(H,36,38)/b35-20-/t28?,29-,30+,34?/m1/s1. The zero-order valence-electron chi connectivity index (χ0n) is 22.4. The molecular weight excluding hydrogens is 514 g/mol. The summed E-state index contributed by atoms with van der Waals surface area (Å²) in [6, 6.07) is 31.9. The van der Waals surface area contributed by atoms with Crippen LogP contribution in [-0.2, 0) is 15.0 Å². The summed E-state index contributed by atoms with van der Waals surface area (Å²) < 4.78 is 5.83. The number of nitrogens with zero attached hydrogens (tertiary/aromatic N) is 2. The molecule has 1 heterocycles. The monoisotopic (exact) mass is 541 g/mol. The number of hydrogen-bond donors (Lipinski definition) is 1. The average Bonchev–Trinajstić information content (AvgIpc) is 3.28. The Balaban J connectivity index is 1.41. The van der Waals surface area contributed by atoms with E-state index in [9.17, 15) is 14.4 Å². The minimum absolute atomic E-state index is 0.257. The molecule has 0 unspecified atom stereocenters. The van der Waals surface area contributed by atoms with Gasteiger partial charge >= 0.3 is 0 Å². The van der Waals surface area contributed by atoms with Crippen molar-refractivity contribution in [2.75, 3.05) is 11.5 Å². The number of carbonyl (C=O) groups is 3. The quantitative estimate of drug-likeness (QED) is 0.210. The van der Waals surface area contributed by atoms with Gasteiger partial charge in [0.05, 0.1) is 29.5 Å². The Morgan fingerprint density at radius 3 is 2.15 bits per heavy atom. The lowest BCUT2D eigenvalue weighted by molar-refractivity contribution is -0.122. The number of ether oxygens (including phenoxy) is 1. The predicted octanol–water partition coefficient (Wildman–Crippen LogP) is 5.05. The molecule has 0 saturated carbocycles. The first-order chi connectivity index (χ1) is 20.1. The van der Waals surface area contributed by atoms with Gasteiger partial charge in [-0.3, -0.25) is 14.4 Å². The fourth-order valence-corrected chi connectivity index (χ4v) is 7.05. The van der Waals surface area contributed by atoms with E-state index in [1.807, 2.05) is 67.6 Å². The summed E-state index contributed by atoms with van der Waals surface area (Å²) in [7, 11) is 0. The molecule has 3 amide bonds. The number of hydrazone groups is 1. The third kappa shape index (κ3) is 3.51. The molecule has 41 heavy (non-hydrogen) atoms. The van der Waals surface area contributed by atoms with Crippen LogP contribution in [0.25, 0.3) is 0 Å². The smallest absolute Gasteiger partial charge is 0.271 e. The fraction of sp³-hybridized carbons (Fsp3) is 0.176. The van der Waals surface area contributed by atoms with Crippen molar-refractivity contribution in [3.05, 3.63) is 131 Å². The number of rotatable bonds is 6. The first kappa shape index (κ1) is 25.0. The van der Waals surface area contributed by atoms with Crippen molar-refractivity contribution >= 4 is 29.6 Å². The highest BCUT2D eigenvalue weighted by molar-refractivity contribution is 6.25. The number of carbonyl (C=O) groups excluding carboxylic acids is 3. The fourth-order valence-electron chi connectivity index (χ4n) is 7.05. The van der Waals surface area contributed by atoms with E-state index in [-0.39, 0.29) is 23.6 Å². The highest BCUT2D eigenvalue weighted by Gasteiger charge is 2.68. The Kier molecular flexibility index (Phi) is 5.82. The molecule has 8 rings (SSSR count). The Morgan fingerprint density at radius 2 is 1.46 bits per heavy atom. The third-order valence-electron chi connectivity index (χ3n) is 8.56. The normalized spacial score (nSPS) is 23.7. The second-order valence-corrected chi connectivity index (χ2v) is 10.5. The Labute approximate surface area is 237 Å². The van der Waals surface area contributed by atoms with E-state index in [0.29, 0.717) is 23.6 Å². The molecule has 1 aliphatic heterocycles. The molecule has 7 nitrogen and oxygen atoms in total. The summed E-state index contributed by atoms with van der Waals surface area (Å²) in [6.07, 6.45) is 1.67. The SMILES string of the molecule is CCOc1ccccc1N1C(=O)[C@@H]2C3c4ccccc4C(/C=N\NC(=O)c4ccccc4)(c4ccccc43)[C@@H]2C1=O. The van der Waals surface area contributed by atoms with Crippen LogP contribution in [0, 0.1) is 11.8 Å². The molecule has 3 aliphatic carbocycles. The van der Waals surface area contributed by atoms with E-state index in [1.165, 1.54) is 4.90 Å². The van der Waals surface area contributed by atoms with E-state index >= 15 is 0 Å². The molecule has 4 aromatic rings. The van der Waals surface area contributed by atoms with Crippen molar-refractivity contribution in [1.82, 2.24) is 5.43 Å². The van der Waals surface area contributed by atoms with Crippen LogP contribution >= 0.6 is 0 Å². The number of nitrogens with one attached hydrogen (secondary N) is 1. The van der Waals surface area contributed by atoms with Crippen LogP contribution in [0.1, 0.15) is 45.5 Å². The van der Waals surface area contributed by atoms with Crippen LogP contribution in [0.4, 0.5) is 5.69 Å². The number of anilines is 1. The van der Waals surface area contributed by atoms with Crippen LogP contribution in [0.5, 0.6) is 5.75 Å². The van der Waals surface area contributed by atoms with Gasteiger partial charge in [0.25, 0.3) is 5.91 Å². The molecule has 4 aliphatic rings. The summed E-state index contributed by atoms with van der Waals surface area (Å²) in [5.74, 6) is -2.12. The van der Waals surface area contributed by atoms with Gasteiger partial charge in [0.2, 0.25) is 11.8 Å². The van der Waals surface area contributed by atoms with E-state index in [1.54, 1.807) is 48.7 Å². The van der Waals surface area contributed by atoms with E-state index in [4.69, 9.17) is 4.74 Å². The van der Waals surface area contributed by atoms with E-state index in [0.717, 1.165) is 22.3 Å². The largest absolute Gasteiger partial charge is 0.492 e. The lowest BCUT2D eigenvalue weighted by atomic mass is 9.47. The number of amides is 3. The minimum atomic E-state index is -1.07. The maximum atomic E-state index is 14.5. The molecule has 2 atom stereocenters. The van der Waals surface area contributed by atoms with E-state index in [2.05, 4.69) is 10.5 Å². The van der Waals surface area contributed by atoms with Crippen LogP contribution < -0.4 is 15.1 Å². The zero-order valence-corrected chi connectivity index (χ0v) is 22.4. The van der Waals surface area contributed by atoms with Crippen molar-refractivity contribution in [3.8, 4) is 5.75 Å². The molecule has 0 aromatic heterocycles. The number of benzene rings is 4. The summed E-state index contributed by atoms with van der Waals surface area (Å²) in [5, 5.41) is 4.47. The topological polar surface area (TPSA) is 88.1 Å². The zero-order chi connectivity index (χ0) is 28.1. The van der Waals surface area contributed by atoms with E-state index < -0.39 is 17.3 Å². The van der Waals surface area contributed by atoms with Gasteiger partial charge in [-0.15, -0.1) is 0 Å². The molecule has 202 valence electrons. The van der Waals surface area contributed by atoms with Crippen molar-refractivity contribution in [2.24, 2.45) is 16.9 Å². The lowest BCUT2D eigenvalue weighted by Crippen LogP contribution is -2.54. The predicted molar refractivity (Wildman–Crippen MR) is 155 cm³/mol. The second kappa shape index (κ2) is 9.55. The first-order valence-corrected chi connectivity index (χ1v) is 13.8. The van der Waals surface area contributed by atoms with Gasteiger partial charge in [-0.1, -0.05) is 78.9 Å². The lowest BCUT2D eigenvalue weighted by Gasteiger charge is -2.52. The summed E-state index contributed by atoms with van der Waals surface area (Å²) >= 11 is 0. The number of imide groups is 1. The molecule has 4 aromatic carbocycles. The molecular formula is C34H27N3O4. The maximum absolute atomic E-state index is 14.5. The maximum Gasteiger partial charge on any atom is 0.271 e. The second-order valence-electron chi connectivity index (χ2n) is 10.5. The average molecular weight is 542 g/mol. The van der Waals surface area contributed by atoms with Gasteiger partial charge in [0.1, 0.15) is 5.75 Å². The van der Waals surface area contributed by atoms with Crippen LogP contribution in [0.3, 0.4) is 0 Å². The molecule has 2 bridgehead atoms. The molecule has 1 saturated heterocycles. The molecule has 1 fully saturated rings. The Hall–Kier alpha value is -5.04.